The van der Waals surface area contributed by atoms with Crippen molar-refractivity contribution in [3.8, 4) is 5.69 Å². The fraction of sp³-hybridized carbons (Fsp3) is 0.254. The second-order valence-corrected chi connectivity index (χ2v) is 20.9. The zero-order valence-corrected chi connectivity index (χ0v) is 38.0. The van der Waals surface area contributed by atoms with Gasteiger partial charge in [-0.05, 0) is 108 Å². The van der Waals surface area contributed by atoms with Crippen molar-refractivity contribution < 1.29 is 4.42 Å². The summed E-state index contributed by atoms with van der Waals surface area (Å²) in [7, 11) is 0. The fourth-order valence-corrected chi connectivity index (χ4v) is 12.8. The van der Waals surface area contributed by atoms with Gasteiger partial charge in [0.05, 0.1) is 5.69 Å². The molecule has 3 unspecified atom stereocenters. The smallest absolute Gasteiger partial charge is 0.226 e. The molecular formula is C59H54BN3O. The number of benzene rings is 5. The van der Waals surface area contributed by atoms with Crippen LogP contribution in [0.1, 0.15) is 89.1 Å². The molecule has 2 aliphatic heterocycles. The van der Waals surface area contributed by atoms with Gasteiger partial charge in [0.1, 0.15) is 5.58 Å². The Kier molecular flexibility index (Phi) is 7.90. The van der Waals surface area contributed by atoms with Gasteiger partial charge in [0.2, 0.25) is 6.71 Å². The van der Waals surface area contributed by atoms with Gasteiger partial charge >= 0.3 is 0 Å². The summed E-state index contributed by atoms with van der Waals surface area (Å²) in [6, 6.07) is 36.6. The second-order valence-electron chi connectivity index (χ2n) is 20.9. The Hall–Kier alpha value is -6.46. The van der Waals surface area contributed by atoms with Crippen LogP contribution in [-0.4, -0.2) is 11.3 Å². The Balaban J connectivity index is 1.14. The van der Waals surface area contributed by atoms with Crippen LogP contribution in [0.25, 0.3) is 38.5 Å². The summed E-state index contributed by atoms with van der Waals surface area (Å²) < 4.78 is 9.76. The summed E-state index contributed by atoms with van der Waals surface area (Å²) in [4.78, 5) is 5.22. The third kappa shape index (κ3) is 5.07. The predicted molar refractivity (Wildman–Crippen MR) is 270 cm³/mol. The predicted octanol–water partition coefficient (Wildman–Crippen LogP) is 14.0. The van der Waals surface area contributed by atoms with Crippen molar-refractivity contribution in [2.75, 3.05) is 9.80 Å². The van der Waals surface area contributed by atoms with Gasteiger partial charge in [-0.1, -0.05) is 150 Å². The van der Waals surface area contributed by atoms with Crippen LogP contribution in [0.4, 0.5) is 17.1 Å². The van der Waals surface area contributed by atoms with Crippen molar-refractivity contribution in [3.05, 3.63) is 191 Å². The third-order valence-corrected chi connectivity index (χ3v) is 15.8. The lowest BCUT2D eigenvalue weighted by molar-refractivity contribution is 0.583. The van der Waals surface area contributed by atoms with Crippen LogP contribution in [0.3, 0.4) is 0 Å². The molecule has 13 rings (SSSR count). The van der Waals surface area contributed by atoms with Crippen molar-refractivity contribution in [2.24, 2.45) is 5.92 Å². The summed E-state index contributed by atoms with van der Waals surface area (Å²) in [6.07, 6.45) is 22.1. The highest BCUT2D eigenvalue weighted by Gasteiger charge is 2.52. The highest BCUT2D eigenvalue weighted by atomic mass is 16.3. The van der Waals surface area contributed by atoms with Gasteiger partial charge in [-0.3, -0.25) is 0 Å². The number of aromatic nitrogens is 1. The molecule has 5 aromatic carbocycles. The molecule has 7 aromatic rings. The fourth-order valence-electron chi connectivity index (χ4n) is 12.8. The quantitative estimate of drug-likeness (QED) is 0.165. The van der Waals surface area contributed by atoms with Crippen LogP contribution in [0, 0.1) is 12.8 Å². The molecule has 314 valence electrons. The first-order valence-corrected chi connectivity index (χ1v) is 23.6. The molecule has 0 amide bonds. The first-order chi connectivity index (χ1) is 31.0. The lowest BCUT2D eigenvalue weighted by atomic mass is 9.29. The number of hydrogen-bond donors (Lipinski definition) is 0. The van der Waals surface area contributed by atoms with E-state index in [-0.39, 0.29) is 23.4 Å². The van der Waals surface area contributed by atoms with Crippen molar-refractivity contribution in [1.29, 1.82) is 0 Å². The number of aryl methyl sites for hydroxylation is 1. The molecule has 6 aliphatic rings. The highest BCUT2D eigenvalue weighted by molar-refractivity contribution is 6.91. The summed E-state index contributed by atoms with van der Waals surface area (Å²) in [5.41, 5.74) is 21.9. The van der Waals surface area contributed by atoms with Gasteiger partial charge in [-0.2, -0.15) is 0 Å². The monoisotopic (exact) mass is 831 g/mol. The third-order valence-electron chi connectivity index (χ3n) is 15.8. The number of rotatable bonds is 4. The highest BCUT2D eigenvalue weighted by Crippen LogP contribution is 2.59. The van der Waals surface area contributed by atoms with Crippen LogP contribution in [-0.2, 0) is 10.8 Å². The second kappa shape index (κ2) is 13.3. The van der Waals surface area contributed by atoms with E-state index in [2.05, 4.69) is 209 Å². The Bertz CT molecular complexity index is 3390. The van der Waals surface area contributed by atoms with E-state index in [0.717, 1.165) is 46.9 Å². The maximum atomic E-state index is 7.00. The number of fused-ring (bicyclic) bond motifs is 12. The normalized spacial score (nSPS) is 21.3. The van der Waals surface area contributed by atoms with Gasteiger partial charge in [0, 0.05) is 78.8 Å². The maximum Gasteiger partial charge on any atom is 0.226 e. The minimum Gasteiger partial charge on any atom is -0.454 e. The van der Waals surface area contributed by atoms with E-state index >= 15 is 0 Å². The topological polar surface area (TPSA) is 24.6 Å². The maximum absolute atomic E-state index is 7.00. The molecule has 4 aliphatic carbocycles. The van der Waals surface area contributed by atoms with Crippen molar-refractivity contribution in [3.63, 3.8) is 0 Å². The molecule has 2 aromatic heterocycles. The molecule has 0 saturated heterocycles. The Morgan fingerprint density at radius 1 is 0.781 bits per heavy atom. The van der Waals surface area contributed by atoms with Crippen molar-refractivity contribution >= 4 is 67.5 Å². The largest absolute Gasteiger partial charge is 0.454 e. The molecule has 0 N–H and O–H groups in total. The molecule has 0 saturated carbocycles. The van der Waals surface area contributed by atoms with E-state index in [1.165, 1.54) is 78.4 Å². The van der Waals surface area contributed by atoms with Crippen molar-refractivity contribution in [2.45, 2.75) is 90.3 Å². The minimum absolute atomic E-state index is 0.109. The molecule has 4 nitrogen and oxygen atoms in total. The lowest BCUT2D eigenvalue weighted by Gasteiger charge is -2.47. The first kappa shape index (κ1) is 38.0. The van der Waals surface area contributed by atoms with Gasteiger partial charge < -0.3 is 18.8 Å². The molecule has 0 bridgehead atoms. The minimum atomic E-state index is -0.126. The summed E-state index contributed by atoms with van der Waals surface area (Å²) in [5.74, 6) is 0.939. The summed E-state index contributed by atoms with van der Waals surface area (Å²) in [5, 5.41) is 3.73. The van der Waals surface area contributed by atoms with E-state index < -0.39 is 0 Å². The zero-order chi connectivity index (χ0) is 43.4. The van der Waals surface area contributed by atoms with E-state index in [9.17, 15) is 0 Å². The van der Waals surface area contributed by atoms with Crippen LogP contribution in [0.15, 0.2) is 173 Å². The average molecular weight is 832 g/mol. The van der Waals surface area contributed by atoms with Crippen LogP contribution in [0.5, 0.6) is 0 Å². The lowest BCUT2D eigenvalue weighted by Crippen LogP contribution is -2.57. The Labute approximate surface area is 377 Å². The van der Waals surface area contributed by atoms with E-state index in [0.29, 0.717) is 11.8 Å². The van der Waals surface area contributed by atoms with Crippen LogP contribution < -0.4 is 20.7 Å². The molecule has 4 heterocycles. The summed E-state index contributed by atoms with van der Waals surface area (Å²) >= 11 is 0. The molecule has 0 radical (unpaired) electrons. The van der Waals surface area contributed by atoms with Gasteiger partial charge in [-0.25, -0.2) is 0 Å². The van der Waals surface area contributed by atoms with Crippen LogP contribution >= 0.6 is 0 Å². The number of para-hydroxylation sites is 4. The number of nitrogens with zero attached hydrogens (tertiary/aromatic N) is 3. The van der Waals surface area contributed by atoms with Gasteiger partial charge in [-0.15, -0.1) is 0 Å². The van der Waals surface area contributed by atoms with Gasteiger partial charge in [0.25, 0.3) is 0 Å². The molecule has 64 heavy (non-hydrogen) atoms. The standard InChI is InChI=1S/C59H54BN3O/c1-35-18-8-13-26-46(35)61(47-27-14-9-19-36(47)2)38-30-31-44-49(34-38)62(48-28-17-22-40-39-20-11-15-29-52(39)64-56(40)48)50-32-37(58(3,4)5)33-51-54(50)60(44)45-25-16-23-42-53-41-21-10-12-24-43(41)59(6,7)57(53)63(51)55(42)45/h8-18,20,22-30,32-34,36,41,44H,19,21,31H2,1-7H3. The molecular weight excluding hydrogens is 777 g/mol. The Morgan fingerprint density at radius 2 is 1.53 bits per heavy atom. The zero-order valence-electron chi connectivity index (χ0n) is 38.0. The number of anilines is 3. The summed E-state index contributed by atoms with van der Waals surface area (Å²) in [6.45, 7) is 16.9. The number of hydrogen-bond acceptors (Lipinski definition) is 3. The Morgan fingerprint density at radius 3 is 2.38 bits per heavy atom. The SMILES string of the molecule is Cc1ccccc1N(C1=CCC2B3c4c(cc(C(C)(C)C)cc4-n4c5c(c6cccc3c64)C3CC=CC=C3C5(C)C)N(c3cccc4c3oc3ccccc34)C2=C1)C1=CC=CCC1C. The van der Waals surface area contributed by atoms with Gasteiger partial charge in [0.15, 0.2) is 5.58 Å². The molecule has 5 heteroatoms. The molecule has 0 fully saturated rings. The van der Waals surface area contributed by atoms with Crippen molar-refractivity contribution in [1.82, 2.24) is 4.57 Å². The van der Waals surface area contributed by atoms with Crippen LogP contribution in [0.2, 0.25) is 5.82 Å². The average Bonchev–Trinajstić information content (AvgIpc) is 3.93. The van der Waals surface area contributed by atoms with E-state index in [4.69, 9.17) is 4.42 Å². The van der Waals surface area contributed by atoms with E-state index in [1.807, 2.05) is 0 Å². The number of furan rings is 1. The first-order valence-electron chi connectivity index (χ1n) is 23.6. The van der Waals surface area contributed by atoms with E-state index in [1.54, 1.807) is 5.57 Å². The molecule has 0 spiro atoms. The molecule has 3 atom stereocenters. The number of allylic oxidation sites excluding steroid dienone is 11.